The standard InChI is InChI=1S/C14H10N4O2/c19-11-5-9(7-15-8-11)14(20)18-10-1-2-12-13(6-10)17-4-3-16-12/h1-8,19H,(H,18,20). The minimum atomic E-state index is -0.350. The van der Waals surface area contributed by atoms with Gasteiger partial charge in [0.05, 0.1) is 22.8 Å². The van der Waals surface area contributed by atoms with Crippen LogP contribution in [0.15, 0.2) is 49.1 Å². The second-order valence-corrected chi connectivity index (χ2v) is 4.15. The lowest BCUT2D eigenvalue weighted by molar-refractivity contribution is 0.102. The van der Waals surface area contributed by atoms with Gasteiger partial charge in [-0.15, -0.1) is 0 Å². The van der Waals surface area contributed by atoms with Crippen LogP contribution in [-0.2, 0) is 0 Å². The van der Waals surface area contributed by atoms with E-state index in [-0.39, 0.29) is 17.2 Å². The molecular formula is C14H10N4O2. The number of hydrogen-bond acceptors (Lipinski definition) is 5. The summed E-state index contributed by atoms with van der Waals surface area (Å²) >= 11 is 0. The number of benzene rings is 1. The molecule has 98 valence electrons. The zero-order valence-corrected chi connectivity index (χ0v) is 10.3. The van der Waals surface area contributed by atoms with Crippen LogP contribution in [0.4, 0.5) is 5.69 Å². The molecule has 2 N–H and O–H groups in total. The SMILES string of the molecule is O=C(Nc1ccc2nccnc2c1)c1cncc(O)c1. The number of aromatic nitrogens is 3. The van der Waals surface area contributed by atoms with Crippen molar-refractivity contribution in [3.05, 3.63) is 54.6 Å². The van der Waals surface area contributed by atoms with E-state index in [2.05, 4.69) is 20.3 Å². The Morgan fingerprint density at radius 1 is 1.05 bits per heavy atom. The van der Waals surface area contributed by atoms with Crippen LogP contribution in [0.2, 0.25) is 0 Å². The molecule has 0 saturated heterocycles. The Hall–Kier alpha value is -3.02. The normalized spacial score (nSPS) is 10.4. The van der Waals surface area contributed by atoms with Crippen LogP contribution in [0.1, 0.15) is 10.4 Å². The Morgan fingerprint density at radius 3 is 2.65 bits per heavy atom. The molecule has 0 saturated carbocycles. The van der Waals surface area contributed by atoms with E-state index in [9.17, 15) is 9.90 Å². The molecule has 6 nitrogen and oxygen atoms in total. The molecule has 0 radical (unpaired) electrons. The number of carbonyl (C=O) groups excluding carboxylic acids is 1. The van der Waals surface area contributed by atoms with Gasteiger partial charge in [0.1, 0.15) is 5.75 Å². The van der Waals surface area contributed by atoms with Crippen molar-refractivity contribution in [2.75, 3.05) is 5.32 Å². The van der Waals surface area contributed by atoms with Crippen molar-refractivity contribution in [2.45, 2.75) is 0 Å². The van der Waals surface area contributed by atoms with Crippen LogP contribution < -0.4 is 5.32 Å². The molecule has 0 bridgehead atoms. The predicted octanol–water partition coefficient (Wildman–Crippen LogP) is 1.98. The van der Waals surface area contributed by atoms with Crippen LogP contribution in [0.3, 0.4) is 0 Å². The highest BCUT2D eigenvalue weighted by atomic mass is 16.3. The Labute approximate surface area is 114 Å². The van der Waals surface area contributed by atoms with E-state index in [1.54, 1.807) is 30.6 Å². The van der Waals surface area contributed by atoms with Gasteiger partial charge in [-0.3, -0.25) is 19.7 Å². The average Bonchev–Trinajstić information content (AvgIpc) is 2.47. The second-order valence-electron chi connectivity index (χ2n) is 4.15. The van der Waals surface area contributed by atoms with Gasteiger partial charge in [0, 0.05) is 24.3 Å². The van der Waals surface area contributed by atoms with Crippen molar-refractivity contribution in [3.63, 3.8) is 0 Å². The van der Waals surface area contributed by atoms with Gasteiger partial charge in [0.2, 0.25) is 0 Å². The number of amides is 1. The van der Waals surface area contributed by atoms with E-state index in [1.807, 2.05) is 0 Å². The van der Waals surface area contributed by atoms with E-state index < -0.39 is 0 Å². The summed E-state index contributed by atoms with van der Waals surface area (Å²) < 4.78 is 0. The van der Waals surface area contributed by atoms with Gasteiger partial charge >= 0.3 is 0 Å². The molecule has 0 aliphatic carbocycles. The Balaban J connectivity index is 1.87. The lowest BCUT2D eigenvalue weighted by Gasteiger charge is -2.06. The van der Waals surface area contributed by atoms with Gasteiger partial charge in [-0.25, -0.2) is 0 Å². The lowest BCUT2D eigenvalue weighted by atomic mass is 10.2. The Morgan fingerprint density at radius 2 is 1.85 bits per heavy atom. The number of pyridine rings is 1. The zero-order valence-electron chi connectivity index (χ0n) is 10.3. The van der Waals surface area contributed by atoms with Crippen molar-refractivity contribution in [2.24, 2.45) is 0 Å². The first-order chi connectivity index (χ1) is 9.72. The molecule has 3 aromatic rings. The third-order valence-electron chi connectivity index (χ3n) is 2.71. The molecule has 2 aromatic heterocycles. The molecule has 0 spiro atoms. The maximum Gasteiger partial charge on any atom is 0.257 e. The molecule has 0 atom stereocenters. The van der Waals surface area contributed by atoms with Gasteiger partial charge in [0.25, 0.3) is 5.91 Å². The highest BCUT2D eigenvalue weighted by Gasteiger charge is 2.08. The molecule has 0 aliphatic rings. The van der Waals surface area contributed by atoms with Crippen LogP contribution in [0.25, 0.3) is 11.0 Å². The average molecular weight is 266 g/mol. The first kappa shape index (κ1) is 12.0. The summed E-state index contributed by atoms with van der Waals surface area (Å²) in [5, 5.41) is 12.0. The quantitative estimate of drug-likeness (QED) is 0.740. The number of aromatic hydroxyl groups is 1. The van der Waals surface area contributed by atoms with E-state index in [0.29, 0.717) is 11.2 Å². The maximum absolute atomic E-state index is 12.0. The largest absolute Gasteiger partial charge is 0.506 e. The van der Waals surface area contributed by atoms with Crippen LogP contribution in [0.5, 0.6) is 5.75 Å². The minimum Gasteiger partial charge on any atom is -0.506 e. The van der Waals surface area contributed by atoms with Gasteiger partial charge in [-0.05, 0) is 24.3 Å². The highest BCUT2D eigenvalue weighted by molar-refractivity contribution is 6.04. The first-order valence-electron chi connectivity index (χ1n) is 5.88. The summed E-state index contributed by atoms with van der Waals surface area (Å²) in [6.45, 7) is 0. The van der Waals surface area contributed by atoms with E-state index in [0.717, 1.165) is 5.52 Å². The molecule has 3 rings (SSSR count). The van der Waals surface area contributed by atoms with Crippen LogP contribution in [-0.4, -0.2) is 26.0 Å². The topological polar surface area (TPSA) is 88.0 Å². The monoisotopic (exact) mass is 266 g/mol. The fourth-order valence-electron chi connectivity index (χ4n) is 1.80. The van der Waals surface area contributed by atoms with Crippen LogP contribution in [0, 0.1) is 0 Å². The van der Waals surface area contributed by atoms with Gasteiger partial charge in [-0.2, -0.15) is 0 Å². The molecule has 2 heterocycles. The zero-order chi connectivity index (χ0) is 13.9. The molecule has 1 aromatic carbocycles. The molecule has 6 heteroatoms. The summed E-state index contributed by atoms with van der Waals surface area (Å²) in [5.74, 6) is -0.404. The predicted molar refractivity (Wildman–Crippen MR) is 73.4 cm³/mol. The third-order valence-corrected chi connectivity index (χ3v) is 2.71. The molecule has 0 unspecified atom stereocenters. The van der Waals surface area contributed by atoms with Crippen molar-refractivity contribution in [3.8, 4) is 5.75 Å². The van der Waals surface area contributed by atoms with E-state index >= 15 is 0 Å². The summed E-state index contributed by atoms with van der Waals surface area (Å²) in [7, 11) is 0. The Bertz CT molecular complexity index is 789. The number of anilines is 1. The minimum absolute atomic E-state index is 0.0537. The van der Waals surface area contributed by atoms with Crippen molar-refractivity contribution >= 4 is 22.6 Å². The fraction of sp³-hybridized carbons (Fsp3) is 0. The number of fused-ring (bicyclic) bond motifs is 1. The molecular weight excluding hydrogens is 256 g/mol. The summed E-state index contributed by atoms with van der Waals surface area (Å²) in [6, 6.07) is 6.60. The number of carbonyl (C=O) groups is 1. The van der Waals surface area contributed by atoms with Crippen LogP contribution >= 0.6 is 0 Å². The summed E-state index contributed by atoms with van der Waals surface area (Å²) in [6.07, 6.45) is 5.85. The fourth-order valence-corrected chi connectivity index (χ4v) is 1.80. The third kappa shape index (κ3) is 2.39. The molecule has 1 amide bonds. The number of nitrogens with one attached hydrogen (secondary N) is 1. The molecule has 0 aliphatic heterocycles. The lowest BCUT2D eigenvalue weighted by Crippen LogP contribution is -2.12. The maximum atomic E-state index is 12.0. The molecule has 0 fully saturated rings. The van der Waals surface area contributed by atoms with Crippen molar-refractivity contribution in [1.82, 2.24) is 15.0 Å². The van der Waals surface area contributed by atoms with E-state index in [4.69, 9.17) is 0 Å². The van der Waals surface area contributed by atoms with Gasteiger partial charge in [0.15, 0.2) is 0 Å². The smallest absolute Gasteiger partial charge is 0.257 e. The van der Waals surface area contributed by atoms with Gasteiger partial charge in [-0.1, -0.05) is 0 Å². The number of hydrogen-bond donors (Lipinski definition) is 2. The summed E-state index contributed by atoms with van der Waals surface area (Å²) in [5.41, 5.74) is 2.33. The second kappa shape index (κ2) is 4.93. The van der Waals surface area contributed by atoms with E-state index in [1.165, 1.54) is 18.5 Å². The summed E-state index contributed by atoms with van der Waals surface area (Å²) in [4.78, 5) is 24.1. The van der Waals surface area contributed by atoms with Crippen molar-refractivity contribution < 1.29 is 9.90 Å². The van der Waals surface area contributed by atoms with Gasteiger partial charge < -0.3 is 10.4 Å². The van der Waals surface area contributed by atoms with Crippen molar-refractivity contribution in [1.29, 1.82) is 0 Å². The molecule has 20 heavy (non-hydrogen) atoms. The Kier molecular flexibility index (Phi) is 2.96. The number of rotatable bonds is 2. The highest BCUT2D eigenvalue weighted by Crippen LogP contribution is 2.16. The first-order valence-corrected chi connectivity index (χ1v) is 5.88. The number of nitrogens with zero attached hydrogens (tertiary/aromatic N) is 3.